The largest absolute Gasteiger partial charge is 0.372 e. The molecule has 0 radical (unpaired) electrons. The number of nitrogens with one attached hydrogen (secondary N) is 2. The number of ether oxygens (including phenoxy) is 1. The molecule has 0 aliphatic heterocycles. The lowest BCUT2D eigenvalue weighted by molar-refractivity contribution is -0.126. The highest BCUT2D eigenvalue weighted by molar-refractivity contribution is 5.78. The van der Waals surface area contributed by atoms with Gasteiger partial charge in [-0.15, -0.1) is 0 Å². The van der Waals surface area contributed by atoms with Gasteiger partial charge in [-0.1, -0.05) is 26.0 Å². The van der Waals surface area contributed by atoms with Gasteiger partial charge in [0.15, 0.2) is 0 Å². The molecule has 0 saturated heterocycles. The lowest BCUT2D eigenvalue weighted by Crippen LogP contribution is -2.35. The summed E-state index contributed by atoms with van der Waals surface area (Å²) >= 11 is 0. The minimum Gasteiger partial charge on any atom is -0.372 e. The van der Waals surface area contributed by atoms with Gasteiger partial charge in [0.05, 0.1) is 17.1 Å². The Bertz CT molecular complexity index is 544. The number of benzene rings is 1. The first-order valence-electron chi connectivity index (χ1n) is 6.93. The van der Waals surface area contributed by atoms with Crippen LogP contribution in [0.15, 0.2) is 24.3 Å². The number of fused-ring (bicyclic) bond motifs is 1. The molecule has 0 spiro atoms. The maximum absolute atomic E-state index is 11.8. The van der Waals surface area contributed by atoms with E-state index < -0.39 is 0 Å². The van der Waals surface area contributed by atoms with Crippen molar-refractivity contribution in [3.63, 3.8) is 0 Å². The predicted molar refractivity (Wildman–Crippen MR) is 78.3 cm³/mol. The number of hydrogen-bond donors (Lipinski definition) is 2. The number of aromatic amines is 1. The first-order chi connectivity index (χ1) is 9.61. The third-order valence-corrected chi connectivity index (χ3v) is 3.12. The molecule has 0 aliphatic rings. The van der Waals surface area contributed by atoms with Gasteiger partial charge in [0.25, 0.3) is 0 Å². The average Bonchev–Trinajstić information content (AvgIpc) is 2.85. The summed E-state index contributed by atoms with van der Waals surface area (Å²) in [5.74, 6) is 0.901. The van der Waals surface area contributed by atoms with Crippen LogP contribution in [0.4, 0.5) is 0 Å². The molecule has 20 heavy (non-hydrogen) atoms. The van der Waals surface area contributed by atoms with Crippen LogP contribution < -0.4 is 5.32 Å². The van der Waals surface area contributed by atoms with Gasteiger partial charge in [-0.25, -0.2) is 4.98 Å². The molecule has 1 heterocycles. The van der Waals surface area contributed by atoms with Crippen LogP contribution in [0.5, 0.6) is 0 Å². The lowest BCUT2D eigenvalue weighted by atomic mass is 10.0. The van der Waals surface area contributed by atoms with Gasteiger partial charge in [-0.2, -0.15) is 0 Å². The number of amides is 1. The fourth-order valence-corrected chi connectivity index (χ4v) is 2.08. The van der Waals surface area contributed by atoms with Crippen LogP contribution >= 0.6 is 0 Å². The zero-order chi connectivity index (χ0) is 14.5. The molecule has 5 heteroatoms. The van der Waals surface area contributed by atoms with E-state index >= 15 is 0 Å². The van der Waals surface area contributed by atoms with Crippen molar-refractivity contribution >= 4 is 16.9 Å². The summed E-state index contributed by atoms with van der Waals surface area (Å²) in [6.07, 6.45) is 0. The molecule has 1 amide bonds. The Morgan fingerprint density at radius 1 is 1.40 bits per heavy atom. The molecule has 0 fully saturated rings. The molecular formula is C15H21N3O2. The Labute approximate surface area is 118 Å². The van der Waals surface area contributed by atoms with Gasteiger partial charge >= 0.3 is 0 Å². The zero-order valence-corrected chi connectivity index (χ0v) is 12.1. The summed E-state index contributed by atoms with van der Waals surface area (Å²) in [6.45, 7) is 6.59. The van der Waals surface area contributed by atoms with Crippen molar-refractivity contribution in [2.75, 3.05) is 13.2 Å². The molecule has 2 rings (SSSR count). The summed E-state index contributed by atoms with van der Waals surface area (Å²) in [7, 11) is 0. The average molecular weight is 275 g/mol. The minimum absolute atomic E-state index is 0.0833. The Morgan fingerprint density at radius 3 is 2.80 bits per heavy atom. The van der Waals surface area contributed by atoms with Crippen molar-refractivity contribution in [2.45, 2.75) is 26.8 Å². The van der Waals surface area contributed by atoms with E-state index in [0.29, 0.717) is 6.61 Å². The molecule has 1 unspecified atom stereocenters. The summed E-state index contributed by atoms with van der Waals surface area (Å²) in [5, 5.41) is 2.97. The quantitative estimate of drug-likeness (QED) is 0.850. The van der Waals surface area contributed by atoms with E-state index in [9.17, 15) is 4.79 Å². The van der Waals surface area contributed by atoms with E-state index in [1.165, 1.54) is 0 Å². The first-order valence-corrected chi connectivity index (χ1v) is 6.93. The molecule has 0 aliphatic carbocycles. The van der Waals surface area contributed by atoms with Crippen LogP contribution in [0.2, 0.25) is 0 Å². The van der Waals surface area contributed by atoms with Gasteiger partial charge in [0.1, 0.15) is 12.4 Å². The van der Waals surface area contributed by atoms with Crippen LogP contribution in [0.25, 0.3) is 11.0 Å². The van der Waals surface area contributed by atoms with Crippen LogP contribution in [-0.2, 0) is 9.53 Å². The van der Waals surface area contributed by atoms with Crippen molar-refractivity contribution < 1.29 is 9.53 Å². The minimum atomic E-state index is -0.143. The van der Waals surface area contributed by atoms with E-state index in [1.807, 2.05) is 31.2 Å². The van der Waals surface area contributed by atoms with Crippen LogP contribution in [0, 0.1) is 5.92 Å². The standard InChI is InChI=1S/C15H21N3O2/c1-4-20-9-13(19)18-14(10(2)3)15-16-11-7-5-6-8-12(11)17-15/h5-8,10,14H,4,9H2,1-3H3,(H,16,17)(H,18,19). The monoisotopic (exact) mass is 275 g/mol. The van der Waals surface area contributed by atoms with E-state index in [-0.39, 0.29) is 24.5 Å². The zero-order valence-electron chi connectivity index (χ0n) is 12.1. The van der Waals surface area contributed by atoms with E-state index in [4.69, 9.17) is 4.74 Å². The summed E-state index contributed by atoms with van der Waals surface area (Å²) in [4.78, 5) is 19.7. The van der Waals surface area contributed by atoms with Crippen molar-refractivity contribution in [1.29, 1.82) is 0 Å². The van der Waals surface area contributed by atoms with Gasteiger partial charge in [0.2, 0.25) is 5.91 Å². The summed E-state index contributed by atoms with van der Waals surface area (Å²) in [5.41, 5.74) is 1.89. The van der Waals surface area contributed by atoms with Crippen molar-refractivity contribution in [3.8, 4) is 0 Å². The molecule has 0 saturated carbocycles. The van der Waals surface area contributed by atoms with Gasteiger partial charge in [-0.05, 0) is 25.0 Å². The summed E-state index contributed by atoms with van der Waals surface area (Å²) in [6, 6.07) is 7.70. The number of nitrogens with zero attached hydrogens (tertiary/aromatic N) is 1. The third kappa shape index (κ3) is 3.36. The first kappa shape index (κ1) is 14.5. The van der Waals surface area contributed by atoms with E-state index in [2.05, 4.69) is 29.1 Å². The summed E-state index contributed by atoms with van der Waals surface area (Å²) < 4.78 is 5.13. The Hall–Kier alpha value is -1.88. The smallest absolute Gasteiger partial charge is 0.246 e. The molecule has 108 valence electrons. The molecule has 2 aromatic rings. The fraction of sp³-hybridized carbons (Fsp3) is 0.467. The predicted octanol–water partition coefficient (Wildman–Crippen LogP) is 2.41. The normalized spacial score (nSPS) is 12.8. The topological polar surface area (TPSA) is 67.0 Å². The number of H-pyrrole nitrogens is 1. The number of imidazole rings is 1. The van der Waals surface area contributed by atoms with E-state index in [0.717, 1.165) is 16.9 Å². The highest BCUT2D eigenvalue weighted by atomic mass is 16.5. The van der Waals surface area contributed by atoms with E-state index in [1.54, 1.807) is 0 Å². The molecule has 1 aromatic carbocycles. The van der Waals surface area contributed by atoms with Gasteiger partial charge in [-0.3, -0.25) is 4.79 Å². The number of hydrogen-bond acceptors (Lipinski definition) is 3. The van der Waals surface area contributed by atoms with Gasteiger partial charge in [0, 0.05) is 6.61 Å². The Morgan fingerprint density at radius 2 is 2.15 bits per heavy atom. The number of para-hydroxylation sites is 2. The number of carbonyl (C=O) groups excluding carboxylic acids is 1. The molecule has 0 bridgehead atoms. The van der Waals surface area contributed by atoms with Gasteiger partial charge < -0.3 is 15.0 Å². The van der Waals surface area contributed by atoms with Crippen LogP contribution in [0.3, 0.4) is 0 Å². The van der Waals surface area contributed by atoms with Crippen molar-refractivity contribution in [2.24, 2.45) is 5.92 Å². The lowest BCUT2D eigenvalue weighted by Gasteiger charge is -2.20. The van der Waals surface area contributed by atoms with Crippen molar-refractivity contribution in [1.82, 2.24) is 15.3 Å². The highest BCUT2D eigenvalue weighted by Gasteiger charge is 2.21. The number of aromatic nitrogens is 2. The van der Waals surface area contributed by atoms with Crippen LogP contribution in [0.1, 0.15) is 32.6 Å². The highest BCUT2D eigenvalue weighted by Crippen LogP contribution is 2.21. The molecule has 1 aromatic heterocycles. The Balaban J connectivity index is 2.17. The van der Waals surface area contributed by atoms with Crippen LogP contribution in [-0.4, -0.2) is 29.1 Å². The third-order valence-electron chi connectivity index (χ3n) is 3.12. The maximum Gasteiger partial charge on any atom is 0.246 e. The number of carbonyl (C=O) groups is 1. The maximum atomic E-state index is 11.8. The molecule has 5 nitrogen and oxygen atoms in total. The molecule has 2 N–H and O–H groups in total. The molecular weight excluding hydrogens is 254 g/mol. The second-order valence-electron chi connectivity index (χ2n) is 5.07. The molecule has 1 atom stereocenters. The second-order valence-corrected chi connectivity index (χ2v) is 5.07. The fourth-order valence-electron chi connectivity index (χ4n) is 2.08. The van der Waals surface area contributed by atoms with Crippen molar-refractivity contribution in [3.05, 3.63) is 30.1 Å². The number of rotatable bonds is 6. The Kier molecular flexibility index (Phi) is 4.74. The second kappa shape index (κ2) is 6.52. The SMILES string of the molecule is CCOCC(=O)NC(c1nc2ccccc2[nH]1)C(C)C.